The second kappa shape index (κ2) is 4.50. The van der Waals surface area contributed by atoms with E-state index in [9.17, 15) is 10.1 Å². The van der Waals surface area contributed by atoms with Crippen LogP contribution in [0.3, 0.4) is 0 Å². The van der Waals surface area contributed by atoms with E-state index in [-0.39, 0.29) is 11.2 Å². The summed E-state index contributed by atoms with van der Waals surface area (Å²) < 4.78 is 0. The molecule has 1 saturated heterocycles. The Morgan fingerprint density at radius 3 is 2.88 bits per heavy atom. The van der Waals surface area contributed by atoms with Crippen molar-refractivity contribution in [3.05, 3.63) is 33.3 Å². The first kappa shape index (κ1) is 12.1. The van der Waals surface area contributed by atoms with Crippen molar-refractivity contribution in [3.63, 3.8) is 0 Å². The van der Waals surface area contributed by atoms with Crippen molar-refractivity contribution in [2.24, 2.45) is 0 Å². The number of hydrogen-bond acceptors (Lipinski definition) is 4. The molecule has 0 aliphatic carbocycles. The number of nitrogens with zero attached hydrogens (tertiary/aromatic N) is 1. The second-order valence-corrected chi connectivity index (χ2v) is 4.94. The molecule has 0 radical (unpaired) electrons. The van der Waals surface area contributed by atoms with Crippen LogP contribution >= 0.6 is 11.6 Å². The molecule has 1 atom stereocenters. The molecule has 0 saturated carbocycles. The van der Waals surface area contributed by atoms with Crippen molar-refractivity contribution in [2.75, 3.05) is 18.4 Å². The topological polar surface area (TPSA) is 67.2 Å². The summed E-state index contributed by atoms with van der Waals surface area (Å²) in [6.45, 7) is 3.93. The fraction of sp³-hybridized carbons (Fsp3) is 0.455. The smallest absolute Gasteiger partial charge is 0.271 e. The number of nitro benzene ring substituents is 1. The van der Waals surface area contributed by atoms with E-state index >= 15 is 0 Å². The van der Waals surface area contributed by atoms with Crippen molar-refractivity contribution >= 4 is 23.0 Å². The van der Waals surface area contributed by atoms with Gasteiger partial charge in [0.2, 0.25) is 0 Å². The summed E-state index contributed by atoms with van der Waals surface area (Å²) in [6, 6.07) is 4.49. The number of nitro groups is 1. The van der Waals surface area contributed by atoms with Gasteiger partial charge in [-0.15, -0.1) is 0 Å². The van der Waals surface area contributed by atoms with Crippen LogP contribution in [-0.2, 0) is 0 Å². The van der Waals surface area contributed by atoms with Gasteiger partial charge in [0.1, 0.15) is 0 Å². The van der Waals surface area contributed by atoms with Gasteiger partial charge in [0.15, 0.2) is 0 Å². The molecule has 1 unspecified atom stereocenters. The first-order chi connectivity index (χ1) is 8.00. The van der Waals surface area contributed by atoms with Crippen LogP contribution < -0.4 is 10.6 Å². The van der Waals surface area contributed by atoms with Crippen LogP contribution in [0.2, 0.25) is 5.02 Å². The SMILES string of the molecule is CC1(Nc2ccc([N+](=O)[O-])cc2Cl)CCNC1. The van der Waals surface area contributed by atoms with E-state index in [1.165, 1.54) is 12.1 Å². The van der Waals surface area contributed by atoms with Gasteiger partial charge in [-0.25, -0.2) is 0 Å². The Labute approximate surface area is 104 Å². The molecule has 1 aromatic carbocycles. The van der Waals surface area contributed by atoms with Crippen molar-refractivity contribution < 1.29 is 4.92 Å². The van der Waals surface area contributed by atoms with Crippen molar-refractivity contribution in [1.82, 2.24) is 5.32 Å². The molecule has 0 aromatic heterocycles. The van der Waals surface area contributed by atoms with Gasteiger partial charge in [0.25, 0.3) is 5.69 Å². The summed E-state index contributed by atoms with van der Waals surface area (Å²) in [6.07, 6.45) is 1.00. The molecule has 1 aromatic rings. The number of nitrogens with one attached hydrogen (secondary N) is 2. The minimum Gasteiger partial charge on any atom is -0.377 e. The predicted molar refractivity (Wildman–Crippen MR) is 67.6 cm³/mol. The zero-order valence-corrected chi connectivity index (χ0v) is 10.3. The van der Waals surface area contributed by atoms with Crippen LogP contribution in [0.5, 0.6) is 0 Å². The lowest BCUT2D eigenvalue weighted by Gasteiger charge is -2.26. The minimum absolute atomic E-state index is 0.00949. The van der Waals surface area contributed by atoms with Crippen LogP contribution in [-0.4, -0.2) is 23.6 Å². The van der Waals surface area contributed by atoms with Crippen molar-refractivity contribution in [3.8, 4) is 0 Å². The largest absolute Gasteiger partial charge is 0.377 e. The Morgan fingerprint density at radius 2 is 2.35 bits per heavy atom. The zero-order chi connectivity index (χ0) is 12.5. The normalized spacial score (nSPS) is 23.6. The summed E-state index contributed by atoms with van der Waals surface area (Å²) in [5.74, 6) is 0. The molecule has 1 heterocycles. The summed E-state index contributed by atoms with van der Waals surface area (Å²) in [7, 11) is 0. The van der Waals surface area contributed by atoms with Crippen LogP contribution in [0.4, 0.5) is 11.4 Å². The van der Waals surface area contributed by atoms with Crippen molar-refractivity contribution in [1.29, 1.82) is 0 Å². The lowest BCUT2D eigenvalue weighted by molar-refractivity contribution is -0.384. The molecule has 2 rings (SSSR count). The molecule has 5 nitrogen and oxygen atoms in total. The molecule has 17 heavy (non-hydrogen) atoms. The Morgan fingerprint density at radius 1 is 1.59 bits per heavy atom. The van der Waals surface area contributed by atoms with Gasteiger partial charge in [-0.1, -0.05) is 11.6 Å². The molecule has 6 heteroatoms. The average Bonchev–Trinajstić information content (AvgIpc) is 2.68. The predicted octanol–water partition coefficient (Wildman–Crippen LogP) is 2.41. The van der Waals surface area contributed by atoms with Crippen LogP contribution in [0.1, 0.15) is 13.3 Å². The fourth-order valence-corrected chi connectivity index (χ4v) is 2.19. The maximum absolute atomic E-state index is 10.6. The van der Waals surface area contributed by atoms with E-state index in [0.717, 1.165) is 25.2 Å². The Hall–Kier alpha value is -1.33. The minimum atomic E-state index is -0.450. The third kappa shape index (κ3) is 2.68. The van der Waals surface area contributed by atoms with Gasteiger partial charge in [-0.2, -0.15) is 0 Å². The van der Waals surface area contributed by atoms with Gasteiger partial charge < -0.3 is 10.6 Å². The standard InChI is InChI=1S/C11H14ClN3O2/c1-11(4-5-13-7-11)14-10-3-2-8(15(16)17)6-9(10)12/h2-3,6,13-14H,4-5,7H2,1H3. The van der Waals surface area contributed by atoms with Gasteiger partial charge in [0.05, 0.1) is 15.6 Å². The monoisotopic (exact) mass is 255 g/mol. The Bertz CT molecular complexity index is 444. The number of rotatable bonds is 3. The van der Waals surface area contributed by atoms with Gasteiger partial charge in [-0.05, 0) is 26.0 Å². The highest BCUT2D eigenvalue weighted by Crippen LogP contribution is 2.30. The molecular weight excluding hydrogens is 242 g/mol. The Balaban J connectivity index is 2.19. The van der Waals surface area contributed by atoms with E-state index in [1.807, 2.05) is 0 Å². The number of non-ortho nitro benzene ring substituents is 1. The summed E-state index contributed by atoms with van der Waals surface area (Å²) in [5.41, 5.74) is 0.707. The van der Waals surface area contributed by atoms with E-state index in [1.54, 1.807) is 6.07 Å². The van der Waals surface area contributed by atoms with Gasteiger partial charge in [0, 0.05) is 24.2 Å². The lowest BCUT2D eigenvalue weighted by Crippen LogP contribution is -2.36. The van der Waals surface area contributed by atoms with E-state index in [2.05, 4.69) is 17.6 Å². The van der Waals surface area contributed by atoms with E-state index in [0.29, 0.717) is 5.02 Å². The highest BCUT2D eigenvalue weighted by molar-refractivity contribution is 6.33. The number of halogens is 1. The first-order valence-corrected chi connectivity index (χ1v) is 5.81. The third-order valence-electron chi connectivity index (χ3n) is 2.97. The molecule has 1 aliphatic heterocycles. The number of benzene rings is 1. The summed E-state index contributed by atoms with van der Waals surface area (Å²) in [4.78, 5) is 10.1. The molecule has 92 valence electrons. The number of hydrogen-bond donors (Lipinski definition) is 2. The summed E-state index contributed by atoms with van der Waals surface area (Å²) in [5, 5.41) is 17.6. The highest BCUT2D eigenvalue weighted by atomic mass is 35.5. The van der Waals surface area contributed by atoms with Crippen LogP contribution in [0.25, 0.3) is 0 Å². The quantitative estimate of drug-likeness (QED) is 0.643. The molecular formula is C11H14ClN3O2. The second-order valence-electron chi connectivity index (χ2n) is 4.53. The zero-order valence-electron chi connectivity index (χ0n) is 9.50. The molecule has 0 spiro atoms. The van der Waals surface area contributed by atoms with Crippen LogP contribution in [0.15, 0.2) is 18.2 Å². The van der Waals surface area contributed by atoms with Gasteiger partial charge >= 0.3 is 0 Å². The van der Waals surface area contributed by atoms with Crippen molar-refractivity contribution in [2.45, 2.75) is 18.9 Å². The van der Waals surface area contributed by atoms with Crippen LogP contribution in [0, 0.1) is 10.1 Å². The molecule has 1 fully saturated rings. The maximum atomic E-state index is 10.6. The van der Waals surface area contributed by atoms with Gasteiger partial charge in [-0.3, -0.25) is 10.1 Å². The molecule has 0 amide bonds. The molecule has 1 aliphatic rings. The number of anilines is 1. The lowest BCUT2D eigenvalue weighted by atomic mass is 10.0. The highest BCUT2D eigenvalue weighted by Gasteiger charge is 2.28. The average molecular weight is 256 g/mol. The molecule has 0 bridgehead atoms. The maximum Gasteiger partial charge on any atom is 0.271 e. The first-order valence-electron chi connectivity index (χ1n) is 5.43. The van der Waals surface area contributed by atoms with E-state index < -0.39 is 4.92 Å². The Kier molecular flexibility index (Phi) is 3.22. The summed E-state index contributed by atoms with van der Waals surface area (Å²) >= 11 is 6.03. The molecule has 2 N–H and O–H groups in total. The van der Waals surface area contributed by atoms with E-state index in [4.69, 9.17) is 11.6 Å². The third-order valence-corrected chi connectivity index (χ3v) is 3.28. The fourth-order valence-electron chi connectivity index (χ4n) is 1.97.